The lowest BCUT2D eigenvalue weighted by molar-refractivity contribution is -0.144. The van der Waals surface area contributed by atoms with Gasteiger partial charge < -0.3 is 10.4 Å². The zero-order valence-corrected chi connectivity index (χ0v) is 12.9. The van der Waals surface area contributed by atoms with Crippen molar-refractivity contribution in [1.82, 2.24) is 0 Å². The Labute approximate surface area is 125 Å². The normalized spacial score (nSPS) is 26.4. The predicted octanol–water partition coefficient (Wildman–Crippen LogP) is 4.30. The van der Waals surface area contributed by atoms with Crippen LogP contribution in [0, 0.1) is 17.2 Å². The van der Waals surface area contributed by atoms with Gasteiger partial charge in [-0.15, -0.1) is 0 Å². The molecular weight excluding hydrogens is 269 g/mol. The van der Waals surface area contributed by atoms with Crippen LogP contribution < -0.4 is 5.32 Å². The van der Waals surface area contributed by atoms with Crippen molar-refractivity contribution in [2.24, 2.45) is 11.3 Å². The number of nitrogens with one attached hydrogen (secondary N) is 1. The van der Waals surface area contributed by atoms with Crippen LogP contribution in [-0.4, -0.2) is 16.6 Å². The molecule has 0 bridgehead atoms. The Hall–Kier alpha value is -1.58. The minimum atomic E-state index is -0.931. The van der Waals surface area contributed by atoms with Gasteiger partial charge in [0, 0.05) is 5.69 Å². The van der Waals surface area contributed by atoms with Gasteiger partial charge in [-0.25, -0.2) is 9.18 Å². The molecule has 2 rings (SSSR count). The molecule has 0 atom stereocenters. The number of rotatable bonds is 3. The topological polar surface area (TPSA) is 49.3 Å². The average Bonchev–Trinajstić information content (AvgIpc) is 2.41. The first kappa shape index (κ1) is 15.8. The minimum absolute atomic E-state index is 0.209. The number of carboxylic acids is 1. The molecular formula is C17H24FNO2. The number of halogens is 1. The monoisotopic (exact) mass is 293 g/mol. The molecule has 1 aromatic carbocycles. The lowest BCUT2D eigenvalue weighted by Crippen LogP contribution is -2.50. The van der Waals surface area contributed by atoms with Crippen LogP contribution >= 0.6 is 0 Å². The lowest BCUT2D eigenvalue weighted by atomic mass is 9.67. The molecule has 1 aromatic rings. The van der Waals surface area contributed by atoms with E-state index in [4.69, 9.17) is 0 Å². The molecule has 0 heterocycles. The summed E-state index contributed by atoms with van der Waals surface area (Å²) >= 11 is 0. The Kier molecular flexibility index (Phi) is 4.26. The minimum Gasteiger partial charge on any atom is -0.480 e. The summed E-state index contributed by atoms with van der Waals surface area (Å²) in [6.45, 7) is 6.62. The second kappa shape index (κ2) is 5.66. The Morgan fingerprint density at radius 3 is 2.19 bits per heavy atom. The van der Waals surface area contributed by atoms with Crippen molar-refractivity contribution < 1.29 is 14.3 Å². The van der Waals surface area contributed by atoms with Gasteiger partial charge in [-0.05, 0) is 61.3 Å². The molecule has 0 aromatic heterocycles. The average molecular weight is 293 g/mol. The van der Waals surface area contributed by atoms with Crippen LogP contribution in [0.1, 0.15) is 46.5 Å². The smallest absolute Gasteiger partial charge is 0.329 e. The van der Waals surface area contributed by atoms with Gasteiger partial charge in [0.25, 0.3) is 0 Å². The molecule has 0 unspecified atom stereocenters. The largest absolute Gasteiger partial charge is 0.480 e. The van der Waals surface area contributed by atoms with Crippen LogP contribution in [0.3, 0.4) is 0 Å². The number of hydrogen-bond donors (Lipinski definition) is 2. The number of hydrogen-bond acceptors (Lipinski definition) is 2. The number of carbonyl (C=O) groups is 1. The zero-order valence-electron chi connectivity index (χ0n) is 12.9. The maximum atomic E-state index is 13.0. The third-order valence-electron chi connectivity index (χ3n) is 4.70. The predicted molar refractivity (Wildman–Crippen MR) is 81.8 cm³/mol. The SMILES string of the molecule is CC(C)(C)C1CCC(Nc2ccc(F)cc2)(C(=O)O)CC1. The van der Waals surface area contributed by atoms with Gasteiger partial charge in [0.2, 0.25) is 0 Å². The summed E-state index contributed by atoms with van der Waals surface area (Å²) in [6.07, 6.45) is 2.98. The highest BCUT2D eigenvalue weighted by Gasteiger charge is 2.44. The summed E-state index contributed by atoms with van der Waals surface area (Å²) in [5, 5.41) is 12.8. The van der Waals surface area contributed by atoms with Crippen molar-refractivity contribution in [2.75, 3.05) is 5.32 Å². The number of benzene rings is 1. The highest BCUT2D eigenvalue weighted by atomic mass is 19.1. The molecule has 3 nitrogen and oxygen atoms in total. The fourth-order valence-electron chi connectivity index (χ4n) is 3.18. The molecule has 0 amide bonds. The van der Waals surface area contributed by atoms with E-state index in [1.807, 2.05) is 0 Å². The molecule has 0 radical (unpaired) electrons. The van der Waals surface area contributed by atoms with Crippen molar-refractivity contribution in [3.05, 3.63) is 30.1 Å². The Morgan fingerprint density at radius 1 is 1.24 bits per heavy atom. The van der Waals surface area contributed by atoms with Crippen LogP contribution in [0.4, 0.5) is 10.1 Å². The number of anilines is 1. The fraction of sp³-hybridized carbons (Fsp3) is 0.588. The highest BCUT2D eigenvalue weighted by molar-refractivity contribution is 5.83. The van der Waals surface area contributed by atoms with Crippen LogP contribution in [0.25, 0.3) is 0 Å². The first-order chi connectivity index (χ1) is 9.73. The van der Waals surface area contributed by atoms with Crippen molar-refractivity contribution in [3.63, 3.8) is 0 Å². The Morgan fingerprint density at radius 2 is 1.76 bits per heavy atom. The zero-order chi connectivity index (χ0) is 15.7. The van der Waals surface area contributed by atoms with Crippen LogP contribution in [0.15, 0.2) is 24.3 Å². The van der Waals surface area contributed by atoms with Crippen molar-refractivity contribution in [1.29, 1.82) is 0 Å². The first-order valence-corrected chi connectivity index (χ1v) is 7.50. The maximum absolute atomic E-state index is 13.0. The summed E-state index contributed by atoms with van der Waals surface area (Å²) < 4.78 is 13.0. The molecule has 21 heavy (non-hydrogen) atoms. The van der Waals surface area contributed by atoms with E-state index in [1.165, 1.54) is 12.1 Å². The molecule has 0 aliphatic heterocycles. The molecule has 0 spiro atoms. The Balaban J connectivity index is 2.13. The number of aliphatic carboxylic acids is 1. The van der Waals surface area contributed by atoms with Crippen molar-refractivity contribution in [3.8, 4) is 0 Å². The molecule has 4 heteroatoms. The molecule has 1 saturated carbocycles. The van der Waals surface area contributed by atoms with Crippen molar-refractivity contribution >= 4 is 11.7 Å². The third-order valence-corrected chi connectivity index (χ3v) is 4.70. The van der Waals surface area contributed by atoms with E-state index >= 15 is 0 Å². The standard InChI is InChI=1S/C17H24FNO2/c1-16(2,3)12-8-10-17(11-9-12,15(20)21)19-14-6-4-13(18)5-7-14/h4-7,12,19H,8-11H2,1-3H3,(H,20,21). The van der Waals surface area contributed by atoms with Gasteiger partial charge in [0.1, 0.15) is 11.4 Å². The molecule has 1 aliphatic rings. The van der Waals surface area contributed by atoms with E-state index in [-0.39, 0.29) is 11.2 Å². The summed E-state index contributed by atoms with van der Waals surface area (Å²) in [5.41, 5.74) is -0.0619. The Bertz CT molecular complexity index is 497. The van der Waals surface area contributed by atoms with Gasteiger partial charge in [-0.3, -0.25) is 0 Å². The van der Waals surface area contributed by atoms with Gasteiger partial charge >= 0.3 is 5.97 Å². The summed E-state index contributed by atoms with van der Waals surface area (Å²) in [6, 6.07) is 5.88. The second-order valence-corrected chi connectivity index (χ2v) is 7.16. The maximum Gasteiger partial charge on any atom is 0.329 e. The van der Waals surface area contributed by atoms with Gasteiger partial charge in [0.05, 0.1) is 0 Å². The molecule has 1 fully saturated rings. The molecule has 1 aliphatic carbocycles. The van der Waals surface area contributed by atoms with Crippen LogP contribution in [0.5, 0.6) is 0 Å². The second-order valence-electron chi connectivity index (χ2n) is 7.16. The quantitative estimate of drug-likeness (QED) is 0.873. The van der Waals surface area contributed by atoms with Crippen LogP contribution in [-0.2, 0) is 4.79 Å². The molecule has 116 valence electrons. The summed E-state index contributed by atoms with van der Waals surface area (Å²) in [4.78, 5) is 11.8. The van der Waals surface area contributed by atoms with E-state index in [0.29, 0.717) is 24.4 Å². The highest BCUT2D eigenvalue weighted by Crippen LogP contribution is 2.42. The summed E-state index contributed by atoms with van der Waals surface area (Å²) in [7, 11) is 0. The van der Waals surface area contributed by atoms with E-state index in [0.717, 1.165) is 12.8 Å². The summed E-state index contributed by atoms with van der Waals surface area (Å²) in [5.74, 6) is -0.597. The fourth-order valence-corrected chi connectivity index (χ4v) is 3.18. The third kappa shape index (κ3) is 3.55. The van der Waals surface area contributed by atoms with Gasteiger partial charge in [-0.2, -0.15) is 0 Å². The van der Waals surface area contributed by atoms with E-state index < -0.39 is 11.5 Å². The molecule has 2 N–H and O–H groups in total. The van der Waals surface area contributed by atoms with E-state index in [9.17, 15) is 14.3 Å². The van der Waals surface area contributed by atoms with E-state index in [2.05, 4.69) is 26.1 Å². The molecule has 0 saturated heterocycles. The van der Waals surface area contributed by atoms with E-state index in [1.54, 1.807) is 12.1 Å². The van der Waals surface area contributed by atoms with Crippen LogP contribution in [0.2, 0.25) is 0 Å². The number of carboxylic acid groups (broad SMARTS) is 1. The van der Waals surface area contributed by atoms with Gasteiger partial charge in [-0.1, -0.05) is 20.8 Å². The van der Waals surface area contributed by atoms with Gasteiger partial charge in [0.15, 0.2) is 0 Å². The van der Waals surface area contributed by atoms with Crippen molar-refractivity contribution in [2.45, 2.75) is 52.0 Å². The lowest BCUT2D eigenvalue weighted by Gasteiger charge is -2.42. The first-order valence-electron chi connectivity index (χ1n) is 7.50.